The van der Waals surface area contributed by atoms with Gasteiger partial charge in [-0.05, 0) is 68.7 Å². The van der Waals surface area contributed by atoms with E-state index in [2.05, 4.69) is 81.3 Å². The molecule has 184 valence electrons. The van der Waals surface area contributed by atoms with Crippen LogP contribution in [0.15, 0.2) is 53.4 Å². The van der Waals surface area contributed by atoms with Crippen LogP contribution in [0, 0.1) is 20.8 Å². The molecule has 0 unspecified atom stereocenters. The number of benzene rings is 2. The summed E-state index contributed by atoms with van der Waals surface area (Å²) in [4.78, 5) is 21.6. The second-order valence-electron chi connectivity index (χ2n) is 9.31. The van der Waals surface area contributed by atoms with E-state index in [1.54, 1.807) is 23.1 Å². The lowest BCUT2D eigenvalue weighted by Gasteiger charge is -2.20. The molecule has 35 heavy (non-hydrogen) atoms. The summed E-state index contributed by atoms with van der Waals surface area (Å²) < 4.78 is 3.11. The molecule has 0 aliphatic carbocycles. The van der Waals surface area contributed by atoms with Crippen LogP contribution in [0.5, 0.6) is 0 Å². The molecular weight excluding hydrogens is 472 g/mol. The molecule has 0 N–H and O–H groups in total. The van der Waals surface area contributed by atoms with Crippen LogP contribution in [0.25, 0.3) is 10.2 Å². The van der Waals surface area contributed by atoms with E-state index in [9.17, 15) is 4.79 Å². The zero-order valence-electron chi connectivity index (χ0n) is 21.2. The molecule has 2 aromatic carbocycles. The molecule has 0 saturated carbocycles. The Hall–Kier alpha value is -2.64. The zero-order chi connectivity index (χ0) is 24.9. The summed E-state index contributed by atoms with van der Waals surface area (Å²) >= 11 is 3.41. The number of aromatic nitrogens is 3. The summed E-state index contributed by atoms with van der Waals surface area (Å²) in [7, 11) is 0. The van der Waals surface area contributed by atoms with Gasteiger partial charge in [0.2, 0.25) is 5.91 Å². The molecule has 4 rings (SSSR count). The summed E-state index contributed by atoms with van der Waals surface area (Å²) in [5.74, 6) is 1.42. The monoisotopic (exact) mass is 506 g/mol. The maximum absolute atomic E-state index is 13.5. The molecule has 0 saturated heterocycles. The average molecular weight is 507 g/mol. The van der Waals surface area contributed by atoms with Crippen LogP contribution >= 0.6 is 23.1 Å². The molecule has 2 aromatic heterocycles. The number of thiazole rings is 1. The van der Waals surface area contributed by atoms with Crippen molar-refractivity contribution >= 4 is 44.4 Å². The first-order valence-electron chi connectivity index (χ1n) is 12.2. The number of hydrogen-bond acceptors (Lipinski definition) is 5. The summed E-state index contributed by atoms with van der Waals surface area (Å²) in [6.45, 7) is 11.7. The predicted molar refractivity (Wildman–Crippen MR) is 149 cm³/mol. The number of thioether (sulfide) groups is 1. The minimum Gasteiger partial charge on any atom is -0.286 e. The molecule has 0 spiro atoms. The van der Waals surface area contributed by atoms with Gasteiger partial charge in [-0.15, -0.1) is 11.8 Å². The number of amides is 1. The molecule has 0 fully saturated rings. The number of anilines is 1. The highest BCUT2D eigenvalue weighted by Gasteiger charge is 2.21. The number of nitrogens with zero attached hydrogens (tertiary/aromatic N) is 4. The van der Waals surface area contributed by atoms with Crippen molar-refractivity contribution in [2.24, 2.45) is 0 Å². The molecule has 7 heteroatoms. The zero-order valence-corrected chi connectivity index (χ0v) is 22.9. The third kappa shape index (κ3) is 6.33. The van der Waals surface area contributed by atoms with E-state index < -0.39 is 0 Å². The van der Waals surface area contributed by atoms with Crippen LogP contribution < -0.4 is 4.90 Å². The predicted octanol–water partition coefficient (Wildman–Crippen LogP) is 7.15. The van der Waals surface area contributed by atoms with E-state index in [0.717, 1.165) is 38.9 Å². The second-order valence-corrected chi connectivity index (χ2v) is 11.5. The highest BCUT2D eigenvalue weighted by Crippen LogP contribution is 2.34. The van der Waals surface area contributed by atoms with Crippen LogP contribution in [-0.2, 0) is 11.3 Å². The van der Waals surface area contributed by atoms with Gasteiger partial charge in [-0.25, -0.2) is 4.98 Å². The third-order valence-corrected chi connectivity index (χ3v) is 8.20. The van der Waals surface area contributed by atoms with Crippen molar-refractivity contribution in [3.8, 4) is 0 Å². The number of carbonyl (C=O) groups excluding carboxylic acids is 1. The Bertz CT molecular complexity index is 1290. The van der Waals surface area contributed by atoms with Gasteiger partial charge in [0.05, 0.1) is 22.5 Å². The molecule has 4 aromatic rings. The van der Waals surface area contributed by atoms with E-state index in [0.29, 0.717) is 25.4 Å². The Morgan fingerprint density at radius 3 is 2.57 bits per heavy atom. The Balaban J connectivity index is 1.50. The van der Waals surface area contributed by atoms with Crippen molar-refractivity contribution in [3.63, 3.8) is 0 Å². The second kappa shape index (κ2) is 11.4. The fourth-order valence-corrected chi connectivity index (χ4v) is 6.04. The fraction of sp³-hybridized carbons (Fsp3) is 0.393. The number of rotatable bonds is 10. The van der Waals surface area contributed by atoms with Crippen molar-refractivity contribution in [1.29, 1.82) is 0 Å². The SMILES string of the molecule is Cc1ccc(SCCCC(=O)N(CCn2nc(C)cc2C)c2nc3c(C(C)C)cccc3s2)cc1. The molecule has 0 aliphatic rings. The minimum atomic E-state index is 0.126. The Morgan fingerprint density at radius 1 is 1.11 bits per heavy atom. The van der Waals surface area contributed by atoms with E-state index in [4.69, 9.17) is 4.98 Å². The van der Waals surface area contributed by atoms with Crippen molar-refractivity contribution < 1.29 is 4.79 Å². The molecule has 5 nitrogen and oxygen atoms in total. The van der Waals surface area contributed by atoms with Gasteiger partial charge < -0.3 is 0 Å². The quantitative estimate of drug-likeness (QED) is 0.169. The minimum absolute atomic E-state index is 0.126. The van der Waals surface area contributed by atoms with Crippen LogP contribution in [0.4, 0.5) is 5.13 Å². The molecule has 0 atom stereocenters. The smallest absolute Gasteiger partial charge is 0.228 e. The van der Waals surface area contributed by atoms with Crippen molar-refractivity contribution in [1.82, 2.24) is 14.8 Å². The lowest BCUT2D eigenvalue weighted by molar-refractivity contribution is -0.118. The van der Waals surface area contributed by atoms with Gasteiger partial charge in [0, 0.05) is 23.6 Å². The normalized spacial score (nSPS) is 11.5. The lowest BCUT2D eigenvalue weighted by Crippen LogP contribution is -2.34. The number of fused-ring (bicyclic) bond motifs is 1. The van der Waals surface area contributed by atoms with Crippen molar-refractivity contribution in [3.05, 3.63) is 71.0 Å². The molecular formula is C28H34N4OS2. The summed E-state index contributed by atoms with van der Waals surface area (Å²) in [6, 6.07) is 17.0. The maximum atomic E-state index is 13.5. The Kier molecular flexibility index (Phi) is 8.29. The topological polar surface area (TPSA) is 51.0 Å². The number of aryl methyl sites for hydroxylation is 3. The lowest BCUT2D eigenvalue weighted by atomic mass is 10.0. The van der Waals surface area contributed by atoms with Gasteiger partial charge in [-0.3, -0.25) is 14.4 Å². The standard InChI is InChI=1S/C28H34N4OS2/c1-19(2)24-8-6-9-25-27(24)29-28(35-25)31(15-16-32-22(5)18-21(4)30-32)26(33)10-7-17-34-23-13-11-20(3)12-14-23/h6,8-9,11-14,18-19H,7,10,15-17H2,1-5H3. The van der Waals surface area contributed by atoms with Gasteiger partial charge >= 0.3 is 0 Å². The van der Waals surface area contributed by atoms with Gasteiger partial charge in [0.15, 0.2) is 5.13 Å². The first-order valence-corrected chi connectivity index (χ1v) is 14.0. The van der Waals surface area contributed by atoms with Gasteiger partial charge in [-0.2, -0.15) is 5.10 Å². The van der Waals surface area contributed by atoms with Gasteiger partial charge in [0.25, 0.3) is 0 Å². The number of hydrogen-bond donors (Lipinski definition) is 0. The van der Waals surface area contributed by atoms with Gasteiger partial charge in [0.1, 0.15) is 0 Å². The molecule has 1 amide bonds. The number of carbonyl (C=O) groups is 1. The van der Waals surface area contributed by atoms with E-state index in [1.165, 1.54) is 16.0 Å². The largest absolute Gasteiger partial charge is 0.286 e. The summed E-state index contributed by atoms with van der Waals surface area (Å²) in [6.07, 6.45) is 1.33. The molecule has 0 bridgehead atoms. The highest BCUT2D eigenvalue weighted by molar-refractivity contribution is 7.99. The summed E-state index contributed by atoms with van der Waals surface area (Å²) in [5, 5.41) is 5.37. The Labute approximate surface area is 216 Å². The first-order chi connectivity index (χ1) is 16.8. The van der Waals surface area contributed by atoms with Crippen molar-refractivity contribution in [2.75, 3.05) is 17.2 Å². The van der Waals surface area contributed by atoms with Crippen LogP contribution in [0.2, 0.25) is 0 Å². The van der Waals surface area contributed by atoms with Crippen molar-refractivity contribution in [2.45, 2.75) is 64.8 Å². The van der Waals surface area contributed by atoms with E-state index in [-0.39, 0.29) is 5.91 Å². The molecule has 2 heterocycles. The van der Waals surface area contributed by atoms with Crippen LogP contribution in [0.3, 0.4) is 0 Å². The van der Waals surface area contributed by atoms with Crippen LogP contribution in [0.1, 0.15) is 55.1 Å². The van der Waals surface area contributed by atoms with E-state index >= 15 is 0 Å². The average Bonchev–Trinajstić information content (AvgIpc) is 3.39. The summed E-state index contributed by atoms with van der Waals surface area (Å²) in [5.41, 5.74) is 5.61. The Morgan fingerprint density at radius 2 is 1.89 bits per heavy atom. The maximum Gasteiger partial charge on any atom is 0.228 e. The van der Waals surface area contributed by atoms with Crippen LogP contribution in [-0.4, -0.2) is 33.0 Å². The molecule has 0 aliphatic heterocycles. The number of para-hydroxylation sites is 1. The van der Waals surface area contributed by atoms with E-state index in [1.807, 2.05) is 16.5 Å². The fourth-order valence-electron chi connectivity index (χ4n) is 4.15. The first kappa shape index (κ1) is 25.5. The van der Waals surface area contributed by atoms with Gasteiger partial charge in [-0.1, -0.05) is 55.0 Å². The third-order valence-electron chi connectivity index (χ3n) is 6.06. The highest BCUT2D eigenvalue weighted by atomic mass is 32.2. The molecule has 0 radical (unpaired) electrons.